The number of rotatable bonds is 2. The van der Waals surface area contributed by atoms with E-state index >= 15 is 0 Å². The van der Waals surface area contributed by atoms with E-state index in [1.165, 1.54) is 0 Å². The highest BCUT2D eigenvalue weighted by Gasteiger charge is 2.41. The SMILES string of the molecule is Cc1c(S(C)(C)C)sc2c1S(C)(C)c1c-2sc(S(C)(C)C)c1C. The molecule has 132 valence electrons. The zero-order chi connectivity index (χ0) is 17.5. The number of fused-ring (bicyclic) bond motifs is 3. The topological polar surface area (TPSA) is 0 Å². The first-order valence-electron chi connectivity index (χ1n) is 7.65. The summed E-state index contributed by atoms with van der Waals surface area (Å²) in [4.78, 5) is 6.66. The van der Waals surface area contributed by atoms with Crippen LogP contribution in [0.25, 0.3) is 9.75 Å². The first-order chi connectivity index (χ1) is 10.3. The van der Waals surface area contributed by atoms with E-state index in [4.69, 9.17) is 0 Å². The fourth-order valence-corrected chi connectivity index (χ4v) is 15.3. The Balaban J connectivity index is 2.34. The van der Waals surface area contributed by atoms with Crippen LogP contribution in [0.1, 0.15) is 11.1 Å². The predicted octanol–water partition coefficient (Wildman–Crippen LogP) is 6.99. The quantitative estimate of drug-likeness (QED) is 0.504. The van der Waals surface area contributed by atoms with E-state index in [0.717, 1.165) is 0 Å². The fourth-order valence-electron chi connectivity index (χ4n) is 3.76. The van der Waals surface area contributed by atoms with Crippen molar-refractivity contribution in [3.63, 3.8) is 0 Å². The van der Waals surface area contributed by atoms with Gasteiger partial charge in [0.05, 0.1) is 9.75 Å². The standard InChI is InChI=1S/C18H30S5/c1-11-15-13(19-17(11)21(3,4)5)14-16(23(15,9)10)12(2)18(20-14)22(6,7)8/h1-10H3. The number of hydrogen-bond acceptors (Lipinski definition) is 2. The van der Waals surface area contributed by atoms with Gasteiger partial charge in [0.15, 0.2) is 0 Å². The van der Waals surface area contributed by atoms with Crippen molar-refractivity contribution >= 4 is 52.8 Å². The maximum Gasteiger partial charge on any atom is 0.0592 e. The highest BCUT2D eigenvalue weighted by molar-refractivity contribution is 8.35. The molecule has 0 fully saturated rings. The molecule has 0 aliphatic carbocycles. The Kier molecular flexibility index (Phi) is 4.15. The molecule has 23 heavy (non-hydrogen) atoms. The zero-order valence-electron chi connectivity index (χ0n) is 16.0. The minimum atomic E-state index is -0.858. The van der Waals surface area contributed by atoms with Gasteiger partial charge in [0.1, 0.15) is 0 Å². The average molecular weight is 407 g/mol. The van der Waals surface area contributed by atoms with Crippen LogP contribution in [0.15, 0.2) is 18.2 Å². The van der Waals surface area contributed by atoms with E-state index in [1.54, 1.807) is 39.1 Å². The van der Waals surface area contributed by atoms with Gasteiger partial charge >= 0.3 is 0 Å². The maximum absolute atomic E-state index is 2.53. The summed E-state index contributed by atoms with van der Waals surface area (Å²) in [6.45, 7) is 4.78. The van der Waals surface area contributed by atoms with Gasteiger partial charge in [-0.2, -0.15) is 10.0 Å². The molecule has 3 rings (SSSR count). The predicted molar refractivity (Wildman–Crippen MR) is 120 cm³/mol. The molecule has 0 N–H and O–H groups in total. The van der Waals surface area contributed by atoms with Gasteiger partial charge in [-0.05, 0) is 75.0 Å². The minimum Gasteiger partial charge on any atom is -0.214 e. The van der Waals surface area contributed by atoms with E-state index in [9.17, 15) is 0 Å². The molecule has 1 aliphatic rings. The summed E-state index contributed by atoms with van der Waals surface area (Å²) in [5.41, 5.74) is 3.22. The van der Waals surface area contributed by atoms with Crippen molar-refractivity contribution in [3.05, 3.63) is 11.1 Å². The van der Waals surface area contributed by atoms with Gasteiger partial charge in [0.2, 0.25) is 0 Å². The summed E-state index contributed by atoms with van der Waals surface area (Å²) in [5, 5.41) is 0. The molecule has 0 unspecified atom stereocenters. The minimum absolute atomic E-state index is 0.654. The van der Waals surface area contributed by atoms with Crippen LogP contribution in [0.4, 0.5) is 0 Å². The number of thiophene rings is 2. The molecule has 0 atom stereocenters. The molecule has 0 bridgehead atoms. The van der Waals surface area contributed by atoms with Crippen LogP contribution < -0.4 is 0 Å². The van der Waals surface area contributed by atoms with Crippen molar-refractivity contribution in [3.8, 4) is 9.75 Å². The van der Waals surface area contributed by atoms with Gasteiger partial charge < -0.3 is 0 Å². The Labute approximate surface area is 155 Å². The molecule has 0 aromatic carbocycles. The Hall–Kier alpha value is 0.450. The van der Waals surface area contributed by atoms with Crippen LogP contribution in [0.3, 0.4) is 0 Å². The van der Waals surface area contributed by atoms with Crippen LogP contribution in [0, 0.1) is 13.8 Å². The van der Waals surface area contributed by atoms with Crippen LogP contribution >= 0.6 is 52.8 Å². The second-order valence-electron chi connectivity index (χ2n) is 8.35. The normalized spacial score (nSPS) is 19.4. The molecule has 0 saturated carbocycles. The molecular weight excluding hydrogens is 377 g/mol. The number of hydrogen-bond donors (Lipinski definition) is 0. The van der Waals surface area contributed by atoms with Gasteiger partial charge in [0, 0.05) is 18.2 Å². The van der Waals surface area contributed by atoms with E-state index < -0.39 is 30.1 Å². The first kappa shape index (κ1) is 18.2. The van der Waals surface area contributed by atoms with E-state index in [2.05, 4.69) is 86.6 Å². The zero-order valence-corrected chi connectivity index (χ0v) is 20.1. The lowest BCUT2D eigenvalue weighted by Gasteiger charge is -2.32. The molecule has 3 heterocycles. The van der Waals surface area contributed by atoms with Crippen molar-refractivity contribution in [1.82, 2.24) is 0 Å². The van der Waals surface area contributed by atoms with Crippen LogP contribution in [-0.2, 0) is 0 Å². The van der Waals surface area contributed by atoms with E-state index in [0.29, 0.717) is 0 Å². The molecule has 0 spiro atoms. The molecule has 0 saturated heterocycles. The molecule has 2 aromatic rings. The van der Waals surface area contributed by atoms with Gasteiger partial charge in [-0.25, -0.2) is 20.1 Å². The maximum atomic E-state index is 2.53. The van der Waals surface area contributed by atoms with Crippen LogP contribution in [-0.4, -0.2) is 50.0 Å². The van der Waals surface area contributed by atoms with E-state index in [1.807, 2.05) is 0 Å². The average Bonchev–Trinajstić information content (AvgIpc) is 2.91. The summed E-state index contributed by atoms with van der Waals surface area (Å²) in [6.07, 6.45) is 19.7. The summed E-state index contributed by atoms with van der Waals surface area (Å²) in [6, 6.07) is 0. The molecule has 0 radical (unpaired) electrons. The monoisotopic (exact) mass is 406 g/mol. The second kappa shape index (κ2) is 5.23. The van der Waals surface area contributed by atoms with Crippen molar-refractivity contribution < 1.29 is 0 Å². The smallest absolute Gasteiger partial charge is 0.0592 e. The highest BCUT2D eigenvalue weighted by atomic mass is 32.3. The fraction of sp³-hybridized carbons (Fsp3) is 0.556. The first-order valence-corrected chi connectivity index (χ1v) is 17.4. The molecule has 0 nitrogen and oxygen atoms in total. The summed E-state index contributed by atoms with van der Waals surface area (Å²) in [7, 11) is -2.17. The van der Waals surface area contributed by atoms with Gasteiger partial charge in [-0.15, -0.1) is 22.7 Å². The summed E-state index contributed by atoms with van der Waals surface area (Å²) >= 11 is 4.22. The van der Waals surface area contributed by atoms with Gasteiger partial charge in [0.25, 0.3) is 0 Å². The third-order valence-electron chi connectivity index (χ3n) is 4.43. The Morgan fingerprint density at radius 1 is 0.652 bits per heavy atom. The van der Waals surface area contributed by atoms with Crippen molar-refractivity contribution in [1.29, 1.82) is 0 Å². The Bertz CT molecular complexity index is 725. The summed E-state index contributed by atoms with van der Waals surface area (Å²) in [5.74, 6) is 0. The lowest BCUT2D eigenvalue weighted by molar-refractivity contribution is 1.27. The highest BCUT2D eigenvalue weighted by Crippen LogP contribution is 2.76. The lowest BCUT2D eigenvalue weighted by Crippen LogP contribution is -1.99. The molecule has 1 aliphatic heterocycles. The molecule has 2 aromatic heterocycles. The van der Waals surface area contributed by atoms with Crippen LogP contribution in [0.5, 0.6) is 0 Å². The second-order valence-corrected chi connectivity index (χ2v) is 22.5. The van der Waals surface area contributed by atoms with E-state index in [-0.39, 0.29) is 0 Å². The lowest BCUT2D eigenvalue weighted by atomic mass is 10.3. The third kappa shape index (κ3) is 2.57. The van der Waals surface area contributed by atoms with Crippen molar-refractivity contribution in [2.45, 2.75) is 32.1 Å². The molecule has 0 amide bonds. The Morgan fingerprint density at radius 3 is 1.22 bits per heavy atom. The molecular formula is C18H30S5. The largest absolute Gasteiger partial charge is 0.214 e. The summed E-state index contributed by atoms with van der Waals surface area (Å²) < 4.78 is 3.34. The van der Waals surface area contributed by atoms with Gasteiger partial charge in [-0.1, -0.05) is 0 Å². The molecule has 5 heteroatoms. The van der Waals surface area contributed by atoms with Crippen molar-refractivity contribution in [2.24, 2.45) is 0 Å². The van der Waals surface area contributed by atoms with Gasteiger partial charge in [-0.3, -0.25) is 0 Å². The third-order valence-corrected chi connectivity index (χ3v) is 16.4. The Morgan fingerprint density at radius 2 is 0.957 bits per heavy atom. The van der Waals surface area contributed by atoms with Crippen LogP contribution in [0.2, 0.25) is 0 Å². The van der Waals surface area contributed by atoms with Crippen molar-refractivity contribution in [2.75, 3.05) is 50.0 Å².